The first-order valence-corrected chi connectivity index (χ1v) is 6.98. The standard InChI is InChI=1S/C15H18N2O5/c1-9-14(20)16-11-6-3-5-10(13(11)22-9)15(21)17(2)8-4-7-12(18)19/h3,5-6,9H,4,7-8H2,1-2H3,(H,16,20)(H,18,19). The van der Waals surface area contributed by atoms with E-state index in [1.807, 2.05) is 0 Å². The minimum atomic E-state index is -0.891. The highest BCUT2D eigenvalue weighted by Gasteiger charge is 2.28. The molecule has 0 saturated heterocycles. The van der Waals surface area contributed by atoms with Crippen molar-refractivity contribution in [2.24, 2.45) is 0 Å². The summed E-state index contributed by atoms with van der Waals surface area (Å²) in [6.07, 6.45) is -0.284. The van der Waals surface area contributed by atoms with Gasteiger partial charge in [-0.15, -0.1) is 0 Å². The first-order valence-electron chi connectivity index (χ1n) is 6.98. The molecule has 1 atom stereocenters. The summed E-state index contributed by atoms with van der Waals surface area (Å²) in [6, 6.07) is 4.95. The molecular weight excluding hydrogens is 288 g/mol. The molecule has 0 spiro atoms. The molecule has 22 heavy (non-hydrogen) atoms. The van der Waals surface area contributed by atoms with E-state index in [2.05, 4.69) is 5.32 Å². The van der Waals surface area contributed by atoms with Crippen LogP contribution in [0.15, 0.2) is 18.2 Å². The van der Waals surface area contributed by atoms with Gasteiger partial charge in [0.25, 0.3) is 11.8 Å². The highest BCUT2D eigenvalue weighted by Crippen LogP contribution is 2.33. The Labute approximate surface area is 127 Å². The molecule has 0 fully saturated rings. The number of carboxylic acids is 1. The number of ether oxygens (including phenoxy) is 1. The van der Waals surface area contributed by atoms with Crippen LogP contribution < -0.4 is 10.1 Å². The predicted octanol–water partition coefficient (Wildman–Crippen LogP) is 1.34. The lowest BCUT2D eigenvalue weighted by atomic mass is 10.1. The Kier molecular flexibility index (Phi) is 4.65. The summed E-state index contributed by atoms with van der Waals surface area (Å²) in [5, 5.41) is 11.3. The average molecular weight is 306 g/mol. The summed E-state index contributed by atoms with van der Waals surface area (Å²) in [4.78, 5) is 36.0. The van der Waals surface area contributed by atoms with Crippen LogP contribution in [-0.4, -0.2) is 47.5 Å². The summed E-state index contributed by atoms with van der Waals surface area (Å²) >= 11 is 0. The van der Waals surface area contributed by atoms with Crippen molar-refractivity contribution in [2.45, 2.75) is 25.9 Å². The summed E-state index contributed by atoms with van der Waals surface area (Å²) < 4.78 is 5.54. The van der Waals surface area contributed by atoms with E-state index in [4.69, 9.17) is 9.84 Å². The fourth-order valence-corrected chi connectivity index (χ4v) is 2.17. The fourth-order valence-electron chi connectivity index (χ4n) is 2.17. The summed E-state index contributed by atoms with van der Waals surface area (Å²) in [6.45, 7) is 1.94. The number of para-hydroxylation sites is 1. The molecule has 0 aromatic heterocycles. The molecule has 1 unspecified atom stereocenters. The third-order valence-corrected chi connectivity index (χ3v) is 3.40. The number of fused-ring (bicyclic) bond motifs is 1. The SMILES string of the molecule is CC1Oc2c(cccc2C(=O)N(C)CCCC(=O)O)NC1=O. The van der Waals surface area contributed by atoms with E-state index in [-0.39, 0.29) is 18.2 Å². The van der Waals surface area contributed by atoms with Crippen LogP contribution in [0.3, 0.4) is 0 Å². The third-order valence-electron chi connectivity index (χ3n) is 3.40. The van der Waals surface area contributed by atoms with Gasteiger partial charge in [0, 0.05) is 20.0 Å². The van der Waals surface area contributed by atoms with Crippen LogP contribution >= 0.6 is 0 Å². The van der Waals surface area contributed by atoms with Gasteiger partial charge in [0.05, 0.1) is 11.3 Å². The van der Waals surface area contributed by atoms with Crippen molar-refractivity contribution in [1.29, 1.82) is 0 Å². The number of benzene rings is 1. The van der Waals surface area contributed by atoms with Crippen molar-refractivity contribution in [3.63, 3.8) is 0 Å². The number of hydrogen-bond acceptors (Lipinski definition) is 4. The van der Waals surface area contributed by atoms with E-state index in [0.29, 0.717) is 30.0 Å². The number of carboxylic acid groups (broad SMARTS) is 1. The summed E-state index contributed by atoms with van der Waals surface area (Å²) in [7, 11) is 1.61. The second kappa shape index (κ2) is 6.46. The number of rotatable bonds is 5. The molecule has 0 radical (unpaired) electrons. The van der Waals surface area contributed by atoms with Crippen LogP contribution in [0.1, 0.15) is 30.1 Å². The number of amides is 2. The van der Waals surface area contributed by atoms with Crippen LogP contribution in [0.4, 0.5) is 5.69 Å². The van der Waals surface area contributed by atoms with Gasteiger partial charge in [0.1, 0.15) is 0 Å². The zero-order valence-corrected chi connectivity index (χ0v) is 12.5. The molecule has 1 aromatic rings. The van der Waals surface area contributed by atoms with Crippen LogP contribution in [0.2, 0.25) is 0 Å². The van der Waals surface area contributed by atoms with E-state index in [1.165, 1.54) is 4.90 Å². The number of hydrogen-bond donors (Lipinski definition) is 2. The number of carbonyl (C=O) groups excluding carboxylic acids is 2. The Morgan fingerprint density at radius 2 is 2.14 bits per heavy atom. The van der Waals surface area contributed by atoms with Crippen LogP contribution in [0, 0.1) is 0 Å². The average Bonchev–Trinajstić information content (AvgIpc) is 2.46. The summed E-state index contributed by atoms with van der Waals surface area (Å²) in [5.41, 5.74) is 0.815. The van der Waals surface area contributed by atoms with Gasteiger partial charge in [-0.05, 0) is 25.5 Å². The molecule has 7 nitrogen and oxygen atoms in total. The Balaban J connectivity index is 2.15. The van der Waals surface area contributed by atoms with Gasteiger partial charge in [-0.25, -0.2) is 0 Å². The molecule has 1 aromatic carbocycles. The van der Waals surface area contributed by atoms with Gasteiger partial charge in [-0.2, -0.15) is 0 Å². The Morgan fingerprint density at radius 1 is 1.41 bits per heavy atom. The van der Waals surface area contributed by atoms with Crippen molar-refractivity contribution < 1.29 is 24.2 Å². The van der Waals surface area contributed by atoms with Crippen molar-refractivity contribution in [1.82, 2.24) is 4.90 Å². The quantitative estimate of drug-likeness (QED) is 0.856. The van der Waals surface area contributed by atoms with Gasteiger partial charge >= 0.3 is 5.97 Å². The Morgan fingerprint density at radius 3 is 2.82 bits per heavy atom. The Bertz CT molecular complexity index is 614. The van der Waals surface area contributed by atoms with Gasteiger partial charge in [0.2, 0.25) is 0 Å². The molecule has 118 valence electrons. The van der Waals surface area contributed by atoms with Crippen molar-refractivity contribution in [2.75, 3.05) is 18.9 Å². The molecule has 1 heterocycles. The summed E-state index contributed by atoms with van der Waals surface area (Å²) in [5.74, 6) is -1.07. The lowest BCUT2D eigenvalue weighted by Crippen LogP contribution is -2.36. The van der Waals surface area contributed by atoms with Crippen molar-refractivity contribution in [3.05, 3.63) is 23.8 Å². The monoisotopic (exact) mass is 306 g/mol. The highest BCUT2D eigenvalue weighted by atomic mass is 16.5. The maximum Gasteiger partial charge on any atom is 0.303 e. The number of nitrogens with one attached hydrogen (secondary N) is 1. The van der Waals surface area contributed by atoms with Gasteiger partial charge in [-0.3, -0.25) is 14.4 Å². The maximum absolute atomic E-state index is 12.5. The van der Waals surface area contributed by atoms with Crippen LogP contribution in [-0.2, 0) is 9.59 Å². The smallest absolute Gasteiger partial charge is 0.303 e. The lowest BCUT2D eigenvalue weighted by Gasteiger charge is -2.26. The lowest BCUT2D eigenvalue weighted by molar-refractivity contribution is -0.137. The number of aliphatic carboxylic acids is 1. The van der Waals surface area contributed by atoms with Gasteiger partial charge in [0.15, 0.2) is 11.9 Å². The molecule has 1 aliphatic rings. The second-order valence-electron chi connectivity index (χ2n) is 5.16. The zero-order valence-electron chi connectivity index (χ0n) is 12.5. The normalized spacial score (nSPS) is 16.3. The first kappa shape index (κ1) is 15.8. The Hall–Kier alpha value is -2.57. The number of anilines is 1. The molecule has 0 bridgehead atoms. The first-order chi connectivity index (χ1) is 10.4. The zero-order chi connectivity index (χ0) is 16.3. The highest BCUT2D eigenvalue weighted by molar-refractivity contribution is 6.03. The molecule has 2 amide bonds. The minimum absolute atomic E-state index is 0.00804. The molecular formula is C15H18N2O5. The molecule has 1 aliphatic heterocycles. The largest absolute Gasteiger partial charge is 0.481 e. The van der Waals surface area contributed by atoms with Crippen LogP contribution in [0.5, 0.6) is 5.75 Å². The topological polar surface area (TPSA) is 95.9 Å². The number of nitrogens with zero attached hydrogens (tertiary/aromatic N) is 1. The van der Waals surface area contributed by atoms with Gasteiger partial charge < -0.3 is 20.1 Å². The third kappa shape index (κ3) is 3.36. The van der Waals surface area contributed by atoms with Crippen LogP contribution in [0.25, 0.3) is 0 Å². The maximum atomic E-state index is 12.5. The van der Waals surface area contributed by atoms with E-state index >= 15 is 0 Å². The predicted molar refractivity (Wildman–Crippen MR) is 79.0 cm³/mol. The fraction of sp³-hybridized carbons (Fsp3) is 0.400. The molecule has 2 rings (SSSR count). The van der Waals surface area contributed by atoms with E-state index < -0.39 is 12.1 Å². The van der Waals surface area contributed by atoms with E-state index in [1.54, 1.807) is 32.2 Å². The van der Waals surface area contributed by atoms with Gasteiger partial charge in [-0.1, -0.05) is 6.07 Å². The number of carbonyl (C=O) groups is 3. The molecule has 2 N–H and O–H groups in total. The molecule has 7 heteroatoms. The van der Waals surface area contributed by atoms with Crippen molar-refractivity contribution in [3.8, 4) is 5.75 Å². The molecule has 0 aliphatic carbocycles. The minimum Gasteiger partial charge on any atom is -0.481 e. The van der Waals surface area contributed by atoms with Crippen molar-refractivity contribution >= 4 is 23.5 Å². The van der Waals surface area contributed by atoms with E-state index in [9.17, 15) is 14.4 Å². The molecule has 0 saturated carbocycles. The second-order valence-corrected chi connectivity index (χ2v) is 5.16. The van der Waals surface area contributed by atoms with E-state index in [0.717, 1.165) is 0 Å².